The molecule has 0 atom stereocenters. The molecular weight excluding hydrogens is 359 g/mol. The molecule has 4 rings (SSSR count). The SMILES string of the molecule is O=C(O)Cc1c2n(c3ccccc13)C(c1c(Cl)cccc1Cl)=NCC2. The van der Waals surface area contributed by atoms with E-state index in [9.17, 15) is 9.90 Å². The molecule has 0 fully saturated rings. The van der Waals surface area contributed by atoms with E-state index in [0.29, 0.717) is 34.4 Å². The third-order valence-corrected chi connectivity index (χ3v) is 5.05. The van der Waals surface area contributed by atoms with Crippen LogP contribution in [0.3, 0.4) is 0 Å². The van der Waals surface area contributed by atoms with Crippen LogP contribution in [0.1, 0.15) is 16.8 Å². The fraction of sp³-hybridized carbons (Fsp3) is 0.158. The van der Waals surface area contributed by atoms with Crippen LogP contribution >= 0.6 is 23.2 Å². The summed E-state index contributed by atoms with van der Waals surface area (Å²) in [6.45, 7) is 0.569. The van der Waals surface area contributed by atoms with Crippen LogP contribution in [-0.4, -0.2) is 28.0 Å². The summed E-state index contributed by atoms with van der Waals surface area (Å²) in [6.07, 6.45) is 0.662. The van der Waals surface area contributed by atoms with Gasteiger partial charge in [0.2, 0.25) is 0 Å². The first-order valence-electron chi connectivity index (χ1n) is 7.90. The van der Waals surface area contributed by atoms with Crippen LogP contribution in [0, 0.1) is 0 Å². The monoisotopic (exact) mass is 372 g/mol. The number of carboxylic acid groups (broad SMARTS) is 1. The summed E-state index contributed by atoms with van der Waals surface area (Å²) in [7, 11) is 0. The average Bonchev–Trinajstić information content (AvgIpc) is 2.89. The van der Waals surface area contributed by atoms with Crippen molar-refractivity contribution in [1.29, 1.82) is 0 Å². The molecule has 0 radical (unpaired) electrons. The van der Waals surface area contributed by atoms with Gasteiger partial charge in [0, 0.05) is 24.0 Å². The molecule has 0 bridgehead atoms. The van der Waals surface area contributed by atoms with E-state index in [1.165, 1.54) is 0 Å². The highest BCUT2D eigenvalue weighted by Gasteiger charge is 2.26. The van der Waals surface area contributed by atoms with Crippen molar-refractivity contribution in [1.82, 2.24) is 4.57 Å². The Morgan fingerprint density at radius 3 is 2.56 bits per heavy atom. The molecule has 0 amide bonds. The molecule has 25 heavy (non-hydrogen) atoms. The summed E-state index contributed by atoms with van der Waals surface area (Å²) in [6, 6.07) is 13.1. The standard InChI is InChI=1S/C19H14Cl2N2O2/c20-13-5-3-6-14(21)18(13)19-22-9-8-16-12(10-17(24)25)11-4-1-2-7-15(11)23(16)19/h1-7H,8-10H2,(H,24,25). The minimum absolute atomic E-state index is 0.0214. The van der Waals surface area contributed by atoms with E-state index in [1.807, 2.05) is 28.8 Å². The summed E-state index contributed by atoms with van der Waals surface area (Å²) < 4.78 is 2.00. The summed E-state index contributed by atoms with van der Waals surface area (Å²) >= 11 is 12.8. The van der Waals surface area contributed by atoms with Gasteiger partial charge in [0.25, 0.3) is 0 Å². The molecule has 1 aliphatic heterocycles. The van der Waals surface area contributed by atoms with Gasteiger partial charge in [-0.1, -0.05) is 47.5 Å². The van der Waals surface area contributed by atoms with E-state index in [0.717, 1.165) is 22.2 Å². The van der Waals surface area contributed by atoms with Gasteiger partial charge >= 0.3 is 5.97 Å². The quantitative estimate of drug-likeness (QED) is 0.739. The molecule has 2 heterocycles. The summed E-state index contributed by atoms with van der Waals surface area (Å²) in [5, 5.41) is 11.3. The first-order chi connectivity index (χ1) is 12.1. The van der Waals surface area contributed by atoms with Crippen molar-refractivity contribution in [2.45, 2.75) is 12.8 Å². The van der Waals surface area contributed by atoms with E-state index in [4.69, 9.17) is 23.2 Å². The first kappa shape index (κ1) is 16.2. The second-order valence-electron chi connectivity index (χ2n) is 5.90. The number of aliphatic imine (C=N–C) groups is 1. The van der Waals surface area contributed by atoms with E-state index >= 15 is 0 Å². The van der Waals surface area contributed by atoms with E-state index < -0.39 is 5.97 Å². The molecule has 0 aliphatic carbocycles. The summed E-state index contributed by atoms with van der Waals surface area (Å²) in [5.41, 5.74) is 3.39. The number of para-hydroxylation sites is 1. The first-order valence-corrected chi connectivity index (χ1v) is 8.65. The number of aliphatic carboxylic acids is 1. The van der Waals surface area contributed by atoms with Crippen molar-refractivity contribution < 1.29 is 9.90 Å². The largest absolute Gasteiger partial charge is 0.481 e. The fourth-order valence-corrected chi connectivity index (χ4v) is 4.02. The zero-order valence-corrected chi connectivity index (χ0v) is 14.7. The van der Waals surface area contributed by atoms with Crippen molar-refractivity contribution in [3.8, 4) is 0 Å². The third-order valence-electron chi connectivity index (χ3n) is 4.42. The normalized spacial score (nSPS) is 13.6. The minimum atomic E-state index is -0.848. The van der Waals surface area contributed by atoms with Crippen molar-refractivity contribution in [2.75, 3.05) is 6.54 Å². The van der Waals surface area contributed by atoms with Crippen LogP contribution in [0.4, 0.5) is 0 Å². The maximum Gasteiger partial charge on any atom is 0.307 e. The van der Waals surface area contributed by atoms with Crippen LogP contribution in [0.2, 0.25) is 10.0 Å². The van der Waals surface area contributed by atoms with E-state index in [-0.39, 0.29) is 6.42 Å². The Bertz CT molecular complexity index is 1020. The smallest absolute Gasteiger partial charge is 0.307 e. The number of rotatable bonds is 3. The minimum Gasteiger partial charge on any atom is -0.481 e. The number of hydrogen-bond acceptors (Lipinski definition) is 2. The molecule has 1 aromatic heterocycles. The molecule has 1 N–H and O–H groups in total. The molecule has 6 heteroatoms. The van der Waals surface area contributed by atoms with Crippen LogP contribution < -0.4 is 0 Å². The predicted molar refractivity (Wildman–Crippen MR) is 100 cm³/mol. The van der Waals surface area contributed by atoms with Crippen molar-refractivity contribution in [3.63, 3.8) is 0 Å². The molecule has 0 unspecified atom stereocenters. The van der Waals surface area contributed by atoms with E-state index in [1.54, 1.807) is 18.2 Å². The van der Waals surface area contributed by atoms with Gasteiger partial charge in [-0.05, 0) is 23.8 Å². The number of carboxylic acids is 1. The van der Waals surface area contributed by atoms with Crippen molar-refractivity contribution >= 4 is 45.9 Å². The van der Waals surface area contributed by atoms with Gasteiger partial charge in [-0.3, -0.25) is 14.4 Å². The number of hydrogen-bond donors (Lipinski definition) is 1. The molecule has 2 aromatic carbocycles. The second kappa shape index (κ2) is 6.21. The van der Waals surface area contributed by atoms with Gasteiger partial charge in [0.15, 0.2) is 0 Å². The van der Waals surface area contributed by atoms with E-state index in [2.05, 4.69) is 4.99 Å². The predicted octanol–water partition coefficient (Wildman–Crippen LogP) is 4.43. The van der Waals surface area contributed by atoms with Gasteiger partial charge in [-0.25, -0.2) is 0 Å². The highest BCUT2D eigenvalue weighted by atomic mass is 35.5. The molecular formula is C19H14Cl2N2O2. The molecule has 0 saturated carbocycles. The van der Waals surface area contributed by atoms with Gasteiger partial charge in [-0.15, -0.1) is 0 Å². The Kier molecular flexibility index (Phi) is 4.02. The molecule has 1 aliphatic rings. The number of halogens is 2. The summed E-state index contributed by atoms with van der Waals surface area (Å²) in [5.74, 6) is -0.177. The highest BCUT2D eigenvalue weighted by molar-refractivity contribution is 6.40. The Morgan fingerprint density at radius 2 is 1.84 bits per heavy atom. The van der Waals surface area contributed by atoms with Gasteiger partial charge in [0.1, 0.15) is 5.84 Å². The molecule has 126 valence electrons. The van der Waals surface area contributed by atoms with Gasteiger partial charge in [-0.2, -0.15) is 0 Å². The molecule has 4 nitrogen and oxygen atoms in total. The Morgan fingerprint density at radius 1 is 1.12 bits per heavy atom. The fourth-order valence-electron chi connectivity index (χ4n) is 3.45. The number of fused-ring (bicyclic) bond motifs is 3. The maximum absolute atomic E-state index is 11.4. The summed E-state index contributed by atoms with van der Waals surface area (Å²) in [4.78, 5) is 16.0. The highest BCUT2D eigenvalue weighted by Crippen LogP contribution is 2.33. The lowest BCUT2D eigenvalue weighted by molar-refractivity contribution is -0.136. The van der Waals surface area contributed by atoms with Gasteiger partial charge in [0.05, 0.1) is 27.5 Å². The number of aromatic nitrogens is 1. The zero-order valence-electron chi connectivity index (χ0n) is 13.2. The lowest BCUT2D eigenvalue weighted by atomic mass is 10.1. The van der Waals surface area contributed by atoms with Crippen LogP contribution in [-0.2, 0) is 17.6 Å². The Labute approximate surface area is 154 Å². The Hall–Kier alpha value is -2.30. The molecule has 0 spiro atoms. The Balaban J connectivity index is 2.03. The van der Waals surface area contributed by atoms with Gasteiger partial charge < -0.3 is 5.11 Å². The lowest BCUT2D eigenvalue weighted by Crippen LogP contribution is -2.23. The number of benzene rings is 2. The average molecular weight is 373 g/mol. The van der Waals surface area contributed by atoms with Crippen LogP contribution in [0.25, 0.3) is 10.9 Å². The zero-order chi connectivity index (χ0) is 17.6. The molecule has 0 saturated heterocycles. The third kappa shape index (κ3) is 2.62. The van der Waals surface area contributed by atoms with Crippen LogP contribution in [0.5, 0.6) is 0 Å². The number of carbonyl (C=O) groups is 1. The lowest BCUT2D eigenvalue weighted by Gasteiger charge is -2.20. The second-order valence-corrected chi connectivity index (χ2v) is 6.71. The van der Waals surface area contributed by atoms with Crippen molar-refractivity contribution in [2.24, 2.45) is 4.99 Å². The maximum atomic E-state index is 11.4. The van der Waals surface area contributed by atoms with Crippen LogP contribution in [0.15, 0.2) is 47.5 Å². The molecule has 3 aromatic rings. The van der Waals surface area contributed by atoms with Crippen molar-refractivity contribution in [3.05, 3.63) is 69.3 Å². The topological polar surface area (TPSA) is 54.6 Å². The number of nitrogens with zero attached hydrogens (tertiary/aromatic N) is 2.